The van der Waals surface area contributed by atoms with Gasteiger partial charge in [-0.25, -0.2) is 14.2 Å². The van der Waals surface area contributed by atoms with E-state index in [1.807, 2.05) is 0 Å². The first-order valence-electron chi connectivity index (χ1n) is 6.95. The van der Waals surface area contributed by atoms with Crippen molar-refractivity contribution in [2.45, 2.75) is 13.3 Å². The Hall–Kier alpha value is -3.02. The molecule has 0 radical (unpaired) electrons. The molecule has 0 fully saturated rings. The molecule has 0 spiro atoms. The minimum atomic E-state index is -1.08. The fourth-order valence-electron chi connectivity index (χ4n) is 2.41. The molecule has 0 aliphatic rings. The molecule has 116 valence electrons. The molecule has 1 aromatic heterocycles. The first-order chi connectivity index (χ1) is 10.9. The molecule has 2 aromatic carbocycles. The molecule has 3 rings (SSSR count). The minimum Gasteiger partial charge on any atom is -0.478 e. The average molecular weight is 312 g/mol. The molecule has 0 unspecified atom stereocenters. The number of halogens is 1. The van der Waals surface area contributed by atoms with Crippen molar-refractivity contribution in [3.63, 3.8) is 0 Å². The lowest BCUT2D eigenvalue weighted by Crippen LogP contribution is -2.13. The normalized spacial score (nSPS) is 10.9. The Bertz CT molecular complexity index is 979. The molecule has 0 bridgehead atoms. The number of H-pyrrole nitrogens is 1. The van der Waals surface area contributed by atoms with E-state index in [1.165, 1.54) is 24.3 Å². The highest BCUT2D eigenvalue weighted by atomic mass is 19.1. The van der Waals surface area contributed by atoms with Gasteiger partial charge in [0.05, 0.1) is 16.5 Å². The number of benzene rings is 2. The van der Waals surface area contributed by atoms with Gasteiger partial charge in [0.25, 0.3) is 5.56 Å². The Kier molecular flexibility index (Phi) is 3.65. The molecule has 3 aromatic rings. The van der Waals surface area contributed by atoms with Crippen molar-refractivity contribution in [1.82, 2.24) is 9.97 Å². The summed E-state index contributed by atoms with van der Waals surface area (Å²) >= 11 is 0. The van der Waals surface area contributed by atoms with Gasteiger partial charge in [-0.3, -0.25) is 4.79 Å². The summed E-state index contributed by atoms with van der Waals surface area (Å²) in [6.07, 6.45) is 0.323. The van der Waals surface area contributed by atoms with Gasteiger partial charge in [0.2, 0.25) is 0 Å². The summed E-state index contributed by atoms with van der Waals surface area (Å²) in [6, 6.07) is 8.85. The summed E-state index contributed by atoms with van der Waals surface area (Å²) in [5.41, 5.74) is 1.38. The lowest BCUT2D eigenvalue weighted by molar-refractivity contribution is 0.0697. The van der Waals surface area contributed by atoms with Gasteiger partial charge in [-0.1, -0.05) is 12.1 Å². The number of hydrogen-bond acceptors (Lipinski definition) is 3. The molecule has 0 atom stereocenters. The molecule has 0 saturated heterocycles. The van der Waals surface area contributed by atoms with E-state index in [4.69, 9.17) is 5.11 Å². The third-order valence-electron chi connectivity index (χ3n) is 3.60. The van der Waals surface area contributed by atoms with Gasteiger partial charge in [0.15, 0.2) is 0 Å². The molecule has 6 heteroatoms. The quantitative estimate of drug-likeness (QED) is 0.779. The van der Waals surface area contributed by atoms with Crippen molar-refractivity contribution in [3.05, 3.63) is 75.1 Å². The number of aromatic nitrogens is 2. The fourth-order valence-corrected chi connectivity index (χ4v) is 2.41. The van der Waals surface area contributed by atoms with Gasteiger partial charge < -0.3 is 10.1 Å². The maximum Gasteiger partial charge on any atom is 0.335 e. The third kappa shape index (κ3) is 2.96. The highest BCUT2D eigenvalue weighted by Gasteiger charge is 2.09. The highest BCUT2D eigenvalue weighted by Crippen LogP contribution is 2.14. The molecule has 23 heavy (non-hydrogen) atoms. The fraction of sp³-hybridized carbons (Fsp3) is 0.118. The van der Waals surface area contributed by atoms with Crippen LogP contribution in [0.5, 0.6) is 0 Å². The van der Waals surface area contributed by atoms with E-state index in [0.717, 1.165) is 5.56 Å². The van der Waals surface area contributed by atoms with E-state index in [1.54, 1.807) is 19.1 Å². The van der Waals surface area contributed by atoms with Crippen molar-refractivity contribution >= 4 is 16.9 Å². The van der Waals surface area contributed by atoms with E-state index < -0.39 is 5.97 Å². The zero-order valence-electron chi connectivity index (χ0n) is 12.3. The van der Waals surface area contributed by atoms with Crippen molar-refractivity contribution in [3.8, 4) is 0 Å². The second-order valence-electron chi connectivity index (χ2n) is 5.31. The first kappa shape index (κ1) is 14.9. The van der Waals surface area contributed by atoms with Crippen LogP contribution in [0.2, 0.25) is 0 Å². The predicted molar refractivity (Wildman–Crippen MR) is 83.3 cm³/mol. The van der Waals surface area contributed by atoms with Gasteiger partial charge in [0.1, 0.15) is 11.6 Å². The first-order valence-corrected chi connectivity index (χ1v) is 6.95. The number of aryl methyl sites for hydroxylation is 1. The van der Waals surface area contributed by atoms with Gasteiger partial charge >= 0.3 is 5.97 Å². The predicted octanol–water partition coefficient (Wildman–Crippen LogP) is 2.66. The Morgan fingerprint density at radius 3 is 2.74 bits per heavy atom. The van der Waals surface area contributed by atoms with Crippen molar-refractivity contribution in [1.29, 1.82) is 0 Å². The van der Waals surface area contributed by atoms with E-state index in [-0.39, 0.29) is 16.9 Å². The monoisotopic (exact) mass is 312 g/mol. The van der Waals surface area contributed by atoms with Crippen LogP contribution in [-0.4, -0.2) is 21.0 Å². The molecule has 5 nitrogen and oxygen atoms in total. The number of carboxylic acid groups (broad SMARTS) is 1. The van der Waals surface area contributed by atoms with Crippen LogP contribution < -0.4 is 5.56 Å². The number of aromatic carboxylic acids is 1. The van der Waals surface area contributed by atoms with E-state index in [0.29, 0.717) is 28.7 Å². The van der Waals surface area contributed by atoms with Gasteiger partial charge in [-0.2, -0.15) is 0 Å². The van der Waals surface area contributed by atoms with Crippen LogP contribution in [0.25, 0.3) is 10.9 Å². The number of carbonyl (C=O) groups is 1. The third-order valence-corrected chi connectivity index (χ3v) is 3.60. The lowest BCUT2D eigenvalue weighted by Gasteiger charge is -2.05. The number of fused-ring (bicyclic) bond motifs is 1. The van der Waals surface area contributed by atoms with Crippen molar-refractivity contribution < 1.29 is 14.3 Å². The largest absolute Gasteiger partial charge is 0.478 e. The lowest BCUT2D eigenvalue weighted by atomic mass is 10.1. The molecular formula is C17H13FN2O3. The van der Waals surface area contributed by atoms with Crippen LogP contribution in [0.4, 0.5) is 4.39 Å². The molecule has 0 aliphatic heterocycles. The van der Waals surface area contributed by atoms with Crippen LogP contribution in [-0.2, 0) is 6.42 Å². The van der Waals surface area contributed by atoms with Gasteiger partial charge in [-0.15, -0.1) is 0 Å². The number of nitrogens with zero attached hydrogens (tertiary/aromatic N) is 1. The summed E-state index contributed by atoms with van der Waals surface area (Å²) < 4.78 is 13.3. The number of rotatable bonds is 3. The van der Waals surface area contributed by atoms with E-state index in [2.05, 4.69) is 9.97 Å². The van der Waals surface area contributed by atoms with E-state index >= 15 is 0 Å². The Morgan fingerprint density at radius 2 is 2.04 bits per heavy atom. The minimum absolute atomic E-state index is 0.0687. The zero-order valence-corrected chi connectivity index (χ0v) is 12.3. The molecule has 0 amide bonds. The summed E-state index contributed by atoms with van der Waals surface area (Å²) in [7, 11) is 0. The maximum absolute atomic E-state index is 13.3. The second kappa shape index (κ2) is 5.64. The van der Waals surface area contributed by atoms with Crippen molar-refractivity contribution in [2.75, 3.05) is 0 Å². The van der Waals surface area contributed by atoms with Crippen LogP contribution in [0.1, 0.15) is 27.3 Å². The topological polar surface area (TPSA) is 83.0 Å². The van der Waals surface area contributed by atoms with Crippen LogP contribution in [0.15, 0.2) is 41.2 Å². The summed E-state index contributed by atoms with van der Waals surface area (Å²) in [5, 5.41) is 9.35. The Labute approximate surface area is 130 Å². The number of carboxylic acids is 1. The van der Waals surface area contributed by atoms with Crippen molar-refractivity contribution in [2.24, 2.45) is 0 Å². The smallest absolute Gasteiger partial charge is 0.335 e. The molecule has 0 aliphatic carbocycles. The number of aromatic amines is 1. The number of nitrogens with one attached hydrogen (secondary N) is 1. The van der Waals surface area contributed by atoms with Crippen LogP contribution in [0, 0.1) is 12.7 Å². The van der Waals surface area contributed by atoms with E-state index in [9.17, 15) is 14.0 Å². The summed E-state index contributed by atoms with van der Waals surface area (Å²) in [5.74, 6) is -0.972. The second-order valence-corrected chi connectivity index (χ2v) is 5.31. The molecule has 0 saturated carbocycles. The maximum atomic E-state index is 13.3. The highest BCUT2D eigenvalue weighted by molar-refractivity contribution is 5.92. The van der Waals surface area contributed by atoms with Gasteiger partial charge in [-0.05, 0) is 42.3 Å². The van der Waals surface area contributed by atoms with Gasteiger partial charge in [0, 0.05) is 6.42 Å². The zero-order chi connectivity index (χ0) is 16.6. The number of hydrogen-bond donors (Lipinski definition) is 2. The molecule has 1 heterocycles. The molecule has 2 N–H and O–H groups in total. The molecular weight excluding hydrogens is 299 g/mol. The average Bonchev–Trinajstić information content (AvgIpc) is 2.50. The standard InChI is InChI=1S/C17H13FN2O3/c1-9-6-10(2-5-13(9)18)7-15-19-14-8-11(17(22)23)3-4-12(14)16(21)20-15/h2-6,8H,7H2,1H3,(H,22,23)(H,19,20,21). The Balaban J connectivity index is 2.05. The SMILES string of the molecule is Cc1cc(Cc2nc3cc(C(=O)O)ccc3c(=O)[nH]2)ccc1F. The van der Waals surface area contributed by atoms with Crippen LogP contribution >= 0.6 is 0 Å². The van der Waals surface area contributed by atoms with Crippen LogP contribution in [0.3, 0.4) is 0 Å². The summed E-state index contributed by atoms with van der Waals surface area (Å²) in [6.45, 7) is 1.66. The summed E-state index contributed by atoms with van der Waals surface area (Å²) in [4.78, 5) is 30.1. The Morgan fingerprint density at radius 1 is 1.26 bits per heavy atom.